The van der Waals surface area contributed by atoms with Gasteiger partial charge < -0.3 is 9.47 Å². The molecule has 98 valence electrons. The summed E-state index contributed by atoms with van der Waals surface area (Å²) in [6, 6.07) is 6.83. The van der Waals surface area contributed by atoms with Crippen molar-refractivity contribution in [2.75, 3.05) is 0 Å². The van der Waals surface area contributed by atoms with E-state index < -0.39 is 5.79 Å². The van der Waals surface area contributed by atoms with Crippen molar-refractivity contribution in [3.8, 4) is 0 Å². The number of hydrogen-bond acceptors (Lipinski definition) is 2. The van der Waals surface area contributed by atoms with Gasteiger partial charge in [0.1, 0.15) is 11.9 Å². The second-order valence-corrected chi connectivity index (χ2v) is 5.35. The molecule has 1 heterocycles. The van der Waals surface area contributed by atoms with E-state index in [2.05, 4.69) is 0 Å². The minimum atomic E-state index is -0.454. The maximum atomic E-state index is 13.8. The van der Waals surface area contributed by atoms with Gasteiger partial charge in [0, 0.05) is 18.4 Å². The van der Waals surface area contributed by atoms with Crippen LogP contribution < -0.4 is 0 Å². The van der Waals surface area contributed by atoms with Gasteiger partial charge in [-0.15, -0.1) is 0 Å². The maximum absolute atomic E-state index is 13.8. The Morgan fingerprint density at radius 1 is 1.11 bits per heavy atom. The van der Waals surface area contributed by atoms with Crippen LogP contribution in [0.25, 0.3) is 0 Å². The van der Waals surface area contributed by atoms with Crippen LogP contribution in [-0.4, -0.2) is 11.9 Å². The SMILES string of the molecule is C[C@@H]1OC2(CCCCC2)O[C@H]1c1ccccc1F. The Hall–Kier alpha value is -0.930. The zero-order valence-corrected chi connectivity index (χ0v) is 10.7. The van der Waals surface area contributed by atoms with Gasteiger partial charge in [-0.3, -0.25) is 0 Å². The Morgan fingerprint density at radius 3 is 2.56 bits per heavy atom. The van der Waals surface area contributed by atoms with Gasteiger partial charge >= 0.3 is 0 Å². The van der Waals surface area contributed by atoms with Crippen LogP contribution in [0.5, 0.6) is 0 Å². The van der Waals surface area contributed by atoms with Crippen molar-refractivity contribution in [3.63, 3.8) is 0 Å². The van der Waals surface area contributed by atoms with E-state index >= 15 is 0 Å². The van der Waals surface area contributed by atoms with Gasteiger partial charge in [-0.1, -0.05) is 24.6 Å². The number of halogens is 1. The topological polar surface area (TPSA) is 18.5 Å². The number of benzene rings is 1. The van der Waals surface area contributed by atoms with E-state index in [9.17, 15) is 4.39 Å². The van der Waals surface area contributed by atoms with Crippen LogP contribution in [-0.2, 0) is 9.47 Å². The molecule has 1 aromatic carbocycles. The molecule has 0 radical (unpaired) electrons. The van der Waals surface area contributed by atoms with Crippen molar-refractivity contribution >= 4 is 0 Å². The molecule has 2 aliphatic rings. The zero-order chi connectivity index (χ0) is 12.6. The van der Waals surface area contributed by atoms with Crippen molar-refractivity contribution in [3.05, 3.63) is 35.6 Å². The molecule has 18 heavy (non-hydrogen) atoms. The third-order valence-electron chi connectivity index (χ3n) is 4.00. The summed E-state index contributed by atoms with van der Waals surface area (Å²) in [6.07, 6.45) is 5.02. The molecule has 2 atom stereocenters. The van der Waals surface area contributed by atoms with E-state index in [4.69, 9.17) is 9.47 Å². The highest BCUT2D eigenvalue weighted by Gasteiger charge is 2.47. The highest BCUT2D eigenvalue weighted by Crippen LogP contribution is 2.46. The van der Waals surface area contributed by atoms with Crippen LogP contribution in [0.3, 0.4) is 0 Å². The predicted octanol–water partition coefficient (Wildman–Crippen LogP) is 3.96. The average molecular weight is 250 g/mol. The molecule has 0 bridgehead atoms. The molecular formula is C15H19FO2. The van der Waals surface area contributed by atoms with E-state index in [1.54, 1.807) is 12.1 Å². The van der Waals surface area contributed by atoms with Gasteiger partial charge in [0.15, 0.2) is 5.79 Å². The Bertz CT molecular complexity index is 426. The van der Waals surface area contributed by atoms with E-state index in [1.165, 1.54) is 12.5 Å². The first-order chi connectivity index (χ1) is 8.70. The Kier molecular flexibility index (Phi) is 3.12. The fraction of sp³-hybridized carbons (Fsp3) is 0.600. The molecule has 0 unspecified atom stereocenters. The van der Waals surface area contributed by atoms with E-state index in [0.717, 1.165) is 25.7 Å². The highest BCUT2D eigenvalue weighted by atomic mass is 19.1. The second kappa shape index (κ2) is 4.63. The molecule has 0 aromatic heterocycles. The van der Waals surface area contributed by atoms with Crippen LogP contribution >= 0.6 is 0 Å². The normalized spacial score (nSPS) is 30.8. The Labute approximate surface area is 107 Å². The summed E-state index contributed by atoms with van der Waals surface area (Å²) in [7, 11) is 0. The summed E-state index contributed by atoms with van der Waals surface area (Å²) in [6.45, 7) is 1.97. The predicted molar refractivity (Wildman–Crippen MR) is 66.6 cm³/mol. The first kappa shape index (κ1) is 12.1. The van der Waals surface area contributed by atoms with Gasteiger partial charge in [0.2, 0.25) is 0 Å². The molecule has 3 heteroatoms. The van der Waals surface area contributed by atoms with E-state index in [1.807, 2.05) is 13.0 Å². The van der Waals surface area contributed by atoms with Crippen LogP contribution in [0.2, 0.25) is 0 Å². The first-order valence-corrected chi connectivity index (χ1v) is 6.80. The molecule has 1 aliphatic heterocycles. The largest absolute Gasteiger partial charge is 0.344 e. The molecule has 1 aromatic rings. The lowest BCUT2D eigenvalue weighted by Crippen LogP contribution is -2.33. The second-order valence-electron chi connectivity index (χ2n) is 5.35. The lowest BCUT2D eigenvalue weighted by molar-refractivity contribution is -0.193. The summed E-state index contributed by atoms with van der Waals surface area (Å²) >= 11 is 0. The molecule has 1 saturated carbocycles. The first-order valence-electron chi connectivity index (χ1n) is 6.80. The lowest BCUT2D eigenvalue weighted by atomic mass is 9.94. The van der Waals surface area contributed by atoms with Crippen molar-refractivity contribution < 1.29 is 13.9 Å². The number of ether oxygens (including phenoxy) is 2. The number of hydrogen-bond donors (Lipinski definition) is 0. The van der Waals surface area contributed by atoms with Gasteiger partial charge in [-0.05, 0) is 25.8 Å². The smallest absolute Gasteiger partial charge is 0.169 e. The Morgan fingerprint density at radius 2 is 1.83 bits per heavy atom. The van der Waals surface area contributed by atoms with Crippen molar-refractivity contribution in [1.29, 1.82) is 0 Å². The monoisotopic (exact) mass is 250 g/mol. The fourth-order valence-electron chi connectivity index (χ4n) is 3.10. The standard InChI is InChI=1S/C15H19FO2/c1-11-14(12-7-3-4-8-13(12)16)18-15(17-11)9-5-2-6-10-15/h3-4,7-8,11,14H,2,5-6,9-10H2,1H3/t11-,14+/m0/s1. The summed E-state index contributed by atoms with van der Waals surface area (Å²) in [4.78, 5) is 0. The van der Waals surface area contributed by atoms with Crippen LogP contribution in [0.1, 0.15) is 50.7 Å². The third-order valence-corrected chi connectivity index (χ3v) is 4.00. The molecule has 0 N–H and O–H groups in total. The van der Waals surface area contributed by atoms with Crippen LogP contribution in [0, 0.1) is 5.82 Å². The van der Waals surface area contributed by atoms with Gasteiger partial charge in [0.05, 0.1) is 6.10 Å². The molecular weight excluding hydrogens is 231 g/mol. The van der Waals surface area contributed by atoms with Crippen molar-refractivity contribution in [1.82, 2.24) is 0 Å². The van der Waals surface area contributed by atoms with Crippen molar-refractivity contribution in [2.45, 2.75) is 57.0 Å². The molecule has 1 saturated heterocycles. The highest BCUT2D eigenvalue weighted by molar-refractivity contribution is 5.22. The molecule has 2 nitrogen and oxygen atoms in total. The summed E-state index contributed by atoms with van der Waals surface area (Å²) < 4.78 is 26.0. The quantitative estimate of drug-likeness (QED) is 0.751. The zero-order valence-electron chi connectivity index (χ0n) is 10.7. The van der Waals surface area contributed by atoms with Crippen LogP contribution in [0.4, 0.5) is 4.39 Å². The third kappa shape index (κ3) is 2.06. The summed E-state index contributed by atoms with van der Waals surface area (Å²) in [5.74, 6) is -0.657. The number of rotatable bonds is 1. The Balaban J connectivity index is 1.84. The molecule has 2 fully saturated rings. The van der Waals surface area contributed by atoms with Crippen molar-refractivity contribution in [2.24, 2.45) is 0 Å². The average Bonchev–Trinajstić information content (AvgIpc) is 2.67. The lowest BCUT2D eigenvalue weighted by Gasteiger charge is -2.31. The van der Waals surface area contributed by atoms with Crippen LogP contribution in [0.15, 0.2) is 24.3 Å². The fourth-order valence-corrected chi connectivity index (χ4v) is 3.10. The summed E-state index contributed by atoms with van der Waals surface area (Å²) in [5, 5.41) is 0. The molecule has 1 spiro atoms. The minimum Gasteiger partial charge on any atom is -0.344 e. The summed E-state index contributed by atoms with van der Waals surface area (Å²) in [5.41, 5.74) is 0.618. The van der Waals surface area contributed by atoms with E-state index in [-0.39, 0.29) is 18.0 Å². The van der Waals surface area contributed by atoms with E-state index in [0.29, 0.717) is 5.56 Å². The van der Waals surface area contributed by atoms with Gasteiger partial charge in [-0.25, -0.2) is 4.39 Å². The molecule has 0 amide bonds. The maximum Gasteiger partial charge on any atom is 0.169 e. The molecule has 3 rings (SSSR count). The minimum absolute atomic E-state index is 0.0833. The van der Waals surface area contributed by atoms with Gasteiger partial charge in [0.25, 0.3) is 0 Å². The molecule has 1 aliphatic carbocycles. The van der Waals surface area contributed by atoms with Gasteiger partial charge in [-0.2, -0.15) is 0 Å².